The second-order valence-corrected chi connectivity index (χ2v) is 5.57. The Morgan fingerprint density at radius 3 is 2.89 bits per heavy atom. The fourth-order valence-electron chi connectivity index (χ4n) is 2.03. The monoisotopic (exact) mass is 272 g/mol. The minimum atomic E-state index is 0.787. The molecule has 19 heavy (non-hydrogen) atoms. The highest BCUT2D eigenvalue weighted by Crippen LogP contribution is 2.24. The minimum Gasteiger partial charge on any atom is -0.222 e. The molecule has 0 N–H and O–H groups in total. The zero-order valence-corrected chi connectivity index (χ0v) is 11.9. The van der Waals surface area contributed by atoms with Gasteiger partial charge in [0, 0.05) is 11.1 Å². The van der Waals surface area contributed by atoms with E-state index >= 15 is 0 Å². The van der Waals surface area contributed by atoms with Gasteiger partial charge in [-0.3, -0.25) is 0 Å². The number of thioether (sulfide) groups is 1. The molecule has 0 amide bonds. The number of benzene rings is 1. The third-order valence-corrected chi connectivity index (χ3v) is 4.00. The van der Waals surface area contributed by atoms with Crippen LogP contribution in [-0.4, -0.2) is 25.3 Å². The Morgan fingerprint density at radius 1 is 1.21 bits per heavy atom. The maximum absolute atomic E-state index is 4.71. The van der Waals surface area contributed by atoms with Gasteiger partial charge >= 0.3 is 0 Å². The van der Waals surface area contributed by atoms with Crippen LogP contribution in [0.3, 0.4) is 0 Å². The van der Waals surface area contributed by atoms with Gasteiger partial charge in [0.15, 0.2) is 10.8 Å². The lowest BCUT2D eigenvalue weighted by molar-refractivity contribution is 0.793. The van der Waals surface area contributed by atoms with E-state index in [0.29, 0.717) is 0 Å². The molecule has 0 fully saturated rings. The molecule has 98 valence electrons. The van der Waals surface area contributed by atoms with Crippen LogP contribution in [0.4, 0.5) is 0 Å². The molecule has 3 aromatic rings. The van der Waals surface area contributed by atoms with Crippen molar-refractivity contribution in [1.82, 2.24) is 19.6 Å². The first-order valence-electron chi connectivity index (χ1n) is 6.54. The molecule has 0 unspecified atom stereocenters. The Morgan fingerprint density at radius 2 is 2.05 bits per heavy atom. The van der Waals surface area contributed by atoms with E-state index in [1.54, 1.807) is 11.8 Å². The van der Waals surface area contributed by atoms with Crippen LogP contribution < -0.4 is 0 Å². The number of nitrogens with zero attached hydrogens (tertiary/aromatic N) is 4. The Labute approximate surface area is 116 Å². The van der Waals surface area contributed by atoms with Gasteiger partial charge < -0.3 is 0 Å². The van der Waals surface area contributed by atoms with E-state index < -0.39 is 0 Å². The van der Waals surface area contributed by atoms with Crippen molar-refractivity contribution in [3.8, 4) is 0 Å². The lowest BCUT2D eigenvalue weighted by Gasteiger charge is -2.05. The number of fused-ring (bicyclic) bond motifs is 3. The lowest BCUT2D eigenvalue weighted by Crippen LogP contribution is -1.98. The van der Waals surface area contributed by atoms with Gasteiger partial charge in [0.05, 0.1) is 5.52 Å². The molecule has 0 saturated heterocycles. The number of aryl methyl sites for hydroxylation is 1. The van der Waals surface area contributed by atoms with Gasteiger partial charge in [-0.05, 0) is 25.5 Å². The summed E-state index contributed by atoms with van der Waals surface area (Å²) in [6.45, 7) is 4.12. The van der Waals surface area contributed by atoms with E-state index in [-0.39, 0.29) is 0 Å². The van der Waals surface area contributed by atoms with E-state index in [0.717, 1.165) is 33.3 Å². The largest absolute Gasteiger partial charge is 0.222 e. The molecule has 4 nitrogen and oxygen atoms in total. The molecule has 0 saturated carbocycles. The summed E-state index contributed by atoms with van der Waals surface area (Å²) in [7, 11) is 0. The van der Waals surface area contributed by atoms with Crippen molar-refractivity contribution in [2.24, 2.45) is 0 Å². The summed E-state index contributed by atoms with van der Waals surface area (Å²) in [6, 6.07) is 8.10. The average molecular weight is 272 g/mol. The molecular formula is C14H16N4S. The van der Waals surface area contributed by atoms with Crippen molar-refractivity contribution >= 4 is 28.3 Å². The first kappa shape index (κ1) is 12.4. The van der Waals surface area contributed by atoms with Crippen LogP contribution in [-0.2, 0) is 0 Å². The van der Waals surface area contributed by atoms with Crippen molar-refractivity contribution < 1.29 is 0 Å². The number of hydrogen-bond acceptors (Lipinski definition) is 4. The number of para-hydroxylation sites is 1. The number of hydrogen-bond donors (Lipinski definition) is 0. The first-order valence-corrected chi connectivity index (χ1v) is 7.53. The minimum absolute atomic E-state index is 0.787. The van der Waals surface area contributed by atoms with Gasteiger partial charge in [0.1, 0.15) is 5.82 Å². The lowest BCUT2D eigenvalue weighted by atomic mass is 10.2. The fraction of sp³-hybridized carbons (Fsp3) is 0.357. The zero-order chi connectivity index (χ0) is 13.2. The van der Waals surface area contributed by atoms with Crippen molar-refractivity contribution in [1.29, 1.82) is 0 Å². The van der Waals surface area contributed by atoms with E-state index in [1.165, 1.54) is 12.8 Å². The summed E-state index contributed by atoms with van der Waals surface area (Å²) in [5, 5.41) is 6.46. The molecule has 0 radical (unpaired) electrons. The maximum atomic E-state index is 4.71. The maximum Gasteiger partial charge on any atom is 0.191 e. The molecular weight excluding hydrogens is 256 g/mol. The number of unbranched alkanes of at least 4 members (excludes halogenated alkanes) is 1. The van der Waals surface area contributed by atoms with Crippen LogP contribution in [0.25, 0.3) is 16.6 Å². The molecule has 0 aliphatic heterocycles. The summed E-state index contributed by atoms with van der Waals surface area (Å²) in [6.07, 6.45) is 2.38. The molecule has 0 spiro atoms. The third kappa shape index (κ3) is 2.30. The quantitative estimate of drug-likeness (QED) is 0.414. The predicted molar refractivity (Wildman–Crippen MR) is 78.7 cm³/mol. The number of aromatic nitrogens is 4. The predicted octanol–water partition coefficient (Wildman–Crippen LogP) is 3.48. The zero-order valence-electron chi connectivity index (χ0n) is 11.1. The van der Waals surface area contributed by atoms with Crippen LogP contribution in [0.15, 0.2) is 29.4 Å². The van der Waals surface area contributed by atoms with E-state index in [1.807, 2.05) is 35.7 Å². The number of rotatable bonds is 4. The van der Waals surface area contributed by atoms with Gasteiger partial charge in [0.2, 0.25) is 0 Å². The summed E-state index contributed by atoms with van der Waals surface area (Å²) in [5.74, 6) is 1.85. The third-order valence-electron chi connectivity index (χ3n) is 2.98. The van der Waals surface area contributed by atoms with E-state index in [9.17, 15) is 0 Å². The topological polar surface area (TPSA) is 43.1 Å². The molecule has 1 aromatic carbocycles. The van der Waals surface area contributed by atoms with Crippen LogP contribution >= 0.6 is 11.8 Å². The Kier molecular flexibility index (Phi) is 3.38. The van der Waals surface area contributed by atoms with Crippen LogP contribution in [0.5, 0.6) is 0 Å². The molecule has 0 bridgehead atoms. The standard InChI is InChI=1S/C14H16N4S/c1-3-4-9-19-14-16-12-8-6-5-7-11(12)13-15-10(2)17-18(13)14/h5-8H,3-4,9H2,1-2H3. The molecule has 2 heterocycles. The smallest absolute Gasteiger partial charge is 0.191 e. The molecule has 0 aliphatic rings. The van der Waals surface area contributed by atoms with Crippen molar-refractivity contribution in [2.45, 2.75) is 31.8 Å². The summed E-state index contributed by atoms with van der Waals surface area (Å²) < 4.78 is 1.87. The van der Waals surface area contributed by atoms with Crippen molar-refractivity contribution in [2.75, 3.05) is 5.75 Å². The van der Waals surface area contributed by atoms with Crippen LogP contribution in [0, 0.1) is 6.92 Å². The van der Waals surface area contributed by atoms with Crippen LogP contribution in [0.1, 0.15) is 25.6 Å². The van der Waals surface area contributed by atoms with E-state index in [4.69, 9.17) is 4.98 Å². The first-order chi connectivity index (χ1) is 9.29. The van der Waals surface area contributed by atoms with Gasteiger partial charge in [-0.25, -0.2) is 9.97 Å². The van der Waals surface area contributed by atoms with E-state index in [2.05, 4.69) is 17.0 Å². The van der Waals surface area contributed by atoms with Crippen molar-refractivity contribution in [3.63, 3.8) is 0 Å². The highest BCUT2D eigenvalue weighted by atomic mass is 32.2. The van der Waals surface area contributed by atoms with Crippen LogP contribution in [0.2, 0.25) is 0 Å². The van der Waals surface area contributed by atoms with Gasteiger partial charge in [-0.1, -0.05) is 37.2 Å². The van der Waals surface area contributed by atoms with Gasteiger partial charge in [0.25, 0.3) is 0 Å². The van der Waals surface area contributed by atoms with Crippen molar-refractivity contribution in [3.05, 3.63) is 30.1 Å². The molecule has 0 aliphatic carbocycles. The second kappa shape index (κ2) is 5.17. The summed E-state index contributed by atoms with van der Waals surface area (Å²) >= 11 is 1.75. The summed E-state index contributed by atoms with van der Waals surface area (Å²) in [4.78, 5) is 9.24. The second-order valence-electron chi connectivity index (χ2n) is 4.51. The highest BCUT2D eigenvalue weighted by Gasteiger charge is 2.11. The Bertz CT molecular complexity index is 720. The average Bonchev–Trinajstić information content (AvgIpc) is 2.81. The van der Waals surface area contributed by atoms with Gasteiger partial charge in [-0.15, -0.1) is 5.10 Å². The Hall–Kier alpha value is -1.62. The molecule has 3 rings (SSSR count). The Balaban J connectivity index is 2.17. The van der Waals surface area contributed by atoms with Gasteiger partial charge in [-0.2, -0.15) is 4.52 Å². The molecule has 0 atom stereocenters. The highest BCUT2D eigenvalue weighted by molar-refractivity contribution is 7.99. The summed E-state index contributed by atoms with van der Waals surface area (Å²) in [5.41, 5.74) is 1.89. The molecule has 2 aromatic heterocycles. The fourth-order valence-corrected chi connectivity index (χ4v) is 3.06. The normalized spacial score (nSPS) is 11.5. The molecule has 5 heteroatoms. The SMILES string of the molecule is CCCCSc1nc2ccccc2c2nc(C)nn12.